The highest BCUT2D eigenvalue weighted by Crippen LogP contribution is 2.21. The van der Waals surface area contributed by atoms with Crippen LogP contribution in [0, 0.1) is 23.0 Å². The van der Waals surface area contributed by atoms with E-state index < -0.39 is 0 Å². The predicted molar refractivity (Wildman–Crippen MR) is 73.6 cm³/mol. The Kier molecular flexibility index (Phi) is 5.28. The van der Waals surface area contributed by atoms with E-state index in [1.54, 1.807) is 12.1 Å². The molecule has 1 atom stereocenters. The Balaban J connectivity index is 2.79. The second kappa shape index (κ2) is 6.50. The van der Waals surface area contributed by atoms with Gasteiger partial charge >= 0.3 is 0 Å². The molecule has 100 valence electrons. The highest BCUT2D eigenvalue weighted by Gasteiger charge is 2.15. The number of hydrogen-bond acceptors (Lipinski definition) is 3. The molecule has 0 spiro atoms. The van der Waals surface area contributed by atoms with E-state index >= 15 is 0 Å². The maximum atomic E-state index is 10.9. The highest BCUT2D eigenvalue weighted by molar-refractivity contribution is 5.44. The van der Waals surface area contributed by atoms with Crippen LogP contribution in [0.25, 0.3) is 0 Å². The summed E-state index contributed by atoms with van der Waals surface area (Å²) in [6.45, 7) is 9.01. The average Bonchev–Trinajstić information content (AvgIpc) is 2.31. The van der Waals surface area contributed by atoms with Crippen LogP contribution >= 0.6 is 0 Å². The lowest BCUT2D eigenvalue weighted by Gasteiger charge is -2.21. The zero-order chi connectivity index (χ0) is 13.7. The Bertz CT molecular complexity index is 416. The molecule has 0 saturated heterocycles. The fourth-order valence-electron chi connectivity index (χ4n) is 2.15. The monoisotopic (exact) mass is 250 g/mol. The third-order valence-corrected chi connectivity index (χ3v) is 3.41. The molecule has 0 radical (unpaired) electrons. The van der Waals surface area contributed by atoms with Crippen molar-refractivity contribution in [1.29, 1.82) is 0 Å². The van der Waals surface area contributed by atoms with Crippen molar-refractivity contribution >= 4 is 5.69 Å². The summed E-state index contributed by atoms with van der Waals surface area (Å²) < 4.78 is 0. The van der Waals surface area contributed by atoms with Crippen molar-refractivity contribution in [2.75, 3.05) is 0 Å². The molecule has 1 aromatic carbocycles. The molecule has 4 heteroatoms. The van der Waals surface area contributed by atoms with Crippen LogP contribution in [0.2, 0.25) is 0 Å². The van der Waals surface area contributed by atoms with E-state index in [4.69, 9.17) is 0 Å². The van der Waals surface area contributed by atoms with Crippen LogP contribution < -0.4 is 5.32 Å². The van der Waals surface area contributed by atoms with Crippen LogP contribution in [0.15, 0.2) is 18.2 Å². The minimum Gasteiger partial charge on any atom is -0.310 e. The zero-order valence-corrected chi connectivity index (χ0v) is 11.6. The van der Waals surface area contributed by atoms with Crippen LogP contribution in [0.1, 0.15) is 38.3 Å². The van der Waals surface area contributed by atoms with Crippen molar-refractivity contribution in [2.45, 2.75) is 46.7 Å². The van der Waals surface area contributed by atoms with E-state index in [2.05, 4.69) is 26.1 Å². The first-order valence-corrected chi connectivity index (χ1v) is 6.43. The molecule has 1 unspecified atom stereocenters. The number of nitro benzene ring substituents is 1. The average molecular weight is 250 g/mol. The molecule has 0 bridgehead atoms. The van der Waals surface area contributed by atoms with E-state index in [-0.39, 0.29) is 10.6 Å². The van der Waals surface area contributed by atoms with E-state index in [9.17, 15) is 10.1 Å². The standard InChI is InChI=1S/C14H22N2O2/c1-5-13(10(2)3)15-9-12-7-6-8-14(11(12)4)16(17)18/h6-8,10,13,15H,5,9H2,1-4H3. The van der Waals surface area contributed by atoms with Gasteiger partial charge in [0, 0.05) is 24.2 Å². The maximum absolute atomic E-state index is 10.9. The van der Waals surface area contributed by atoms with Crippen LogP contribution in [-0.4, -0.2) is 11.0 Å². The molecule has 0 amide bonds. The number of rotatable bonds is 6. The van der Waals surface area contributed by atoms with E-state index in [0.717, 1.165) is 17.5 Å². The lowest BCUT2D eigenvalue weighted by atomic mass is 10.0. The van der Waals surface area contributed by atoms with Gasteiger partial charge < -0.3 is 5.32 Å². The number of nitrogens with one attached hydrogen (secondary N) is 1. The Morgan fingerprint density at radius 3 is 2.56 bits per heavy atom. The van der Waals surface area contributed by atoms with Crippen molar-refractivity contribution in [3.63, 3.8) is 0 Å². The van der Waals surface area contributed by atoms with Gasteiger partial charge in [-0.2, -0.15) is 0 Å². The van der Waals surface area contributed by atoms with Gasteiger partial charge in [0.2, 0.25) is 0 Å². The lowest BCUT2D eigenvalue weighted by molar-refractivity contribution is -0.385. The molecule has 0 heterocycles. The number of benzene rings is 1. The molecule has 1 aromatic rings. The zero-order valence-electron chi connectivity index (χ0n) is 11.6. The summed E-state index contributed by atoms with van der Waals surface area (Å²) in [6.07, 6.45) is 1.06. The van der Waals surface area contributed by atoms with Gasteiger partial charge in [-0.25, -0.2) is 0 Å². The first-order chi connectivity index (χ1) is 8.47. The molecule has 1 N–H and O–H groups in total. The molecule has 0 saturated carbocycles. The molecule has 0 aliphatic heterocycles. The summed E-state index contributed by atoms with van der Waals surface area (Å²) in [5.74, 6) is 0.564. The van der Waals surface area contributed by atoms with E-state index in [1.165, 1.54) is 0 Å². The molecule has 0 aliphatic carbocycles. The fraction of sp³-hybridized carbons (Fsp3) is 0.571. The third kappa shape index (κ3) is 3.53. The number of hydrogen-bond donors (Lipinski definition) is 1. The molecule has 0 aromatic heterocycles. The van der Waals surface area contributed by atoms with Crippen molar-refractivity contribution < 1.29 is 4.92 Å². The minimum absolute atomic E-state index is 0.201. The van der Waals surface area contributed by atoms with E-state index in [1.807, 2.05) is 13.0 Å². The van der Waals surface area contributed by atoms with Gasteiger partial charge in [-0.05, 0) is 24.8 Å². The van der Waals surface area contributed by atoms with Gasteiger partial charge in [0.05, 0.1) is 4.92 Å². The summed E-state index contributed by atoms with van der Waals surface area (Å²) in [5, 5.41) is 14.3. The Labute approximate surface area is 109 Å². The van der Waals surface area contributed by atoms with Crippen LogP contribution in [-0.2, 0) is 6.54 Å². The summed E-state index contributed by atoms with van der Waals surface area (Å²) in [4.78, 5) is 10.5. The molecular weight excluding hydrogens is 228 g/mol. The van der Waals surface area contributed by atoms with Crippen molar-refractivity contribution in [3.05, 3.63) is 39.4 Å². The number of nitro groups is 1. The van der Waals surface area contributed by atoms with E-state index in [0.29, 0.717) is 18.5 Å². The van der Waals surface area contributed by atoms with Gasteiger partial charge in [0.15, 0.2) is 0 Å². The molecule has 0 aliphatic rings. The van der Waals surface area contributed by atoms with Crippen molar-refractivity contribution in [2.24, 2.45) is 5.92 Å². The summed E-state index contributed by atoms with van der Waals surface area (Å²) in [5.41, 5.74) is 1.96. The Morgan fingerprint density at radius 2 is 2.06 bits per heavy atom. The predicted octanol–water partition coefficient (Wildman–Crippen LogP) is 3.43. The van der Waals surface area contributed by atoms with Crippen LogP contribution in [0.5, 0.6) is 0 Å². The minimum atomic E-state index is -0.321. The van der Waals surface area contributed by atoms with Gasteiger partial charge in [0.25, 0.3) is 5.69 Å². The molecule has 4 nitrogen and oxygen atoms in total. The van der Waals surface area contributed by atoms with Gasteiger partial charge in [-0.3, -0.25) is 10.1 Å². The fourth-order valence-corrected chi connectivity index (χ4v) is 2.15. The largest absolute Gasteiger partial charge is 0.310 e. The van der Waals surface area contributed by atoms with Crippen LogP contribution in [0.3, 0.4) is 0 Å². The first kappa shape index (κ1) is 14.6. The summed E-state index contributed by atoms with van der Waals surface area (Å²) in [6, 6.07) is 5.70. The Morgan fingerprint density at radius 1 is 1.39 bits per heavy atom. The smallest absolute Gasteiger partial charge is 0.272 e. The molecule has 18 heavy (non-hydrogen) atoms. The molecule has 1 rings (SSSR count). The van der Waals surface area contributed by atoms with Gasteiger partial charge in [0.1, 0.15) is 0 Å². The lowest BCUT2D eigenvalue weighted by Crippen LogP contribution is -2.32. The summed E-state index contributed by atoms with van der Waals surface area (Å²) in [7, 11) is 0. The third-order valence-electron chi connectivity index (χ3n) is 3.41. The normalized spacial score (nSPS) is 12.7. The molecule has 0 fully saturated rings. The highest BCUT2D eigenvalue weighted by atomic mass is 16.6. The van der Waals surface area contributed by atoms with Crippen LogP contribution in [0.4, 0.5) is 5.69 Å². The SMILES string of the molecule is CCC(NCc1cccc([N+](=O)[O-])c1C)C(C)C. The maximum Gasteiger partial charge on any atom is 0.272 e. The second-order valence-corrected chi connectivity index (χ2v) is 4.96. The quantitative estimate of drug-likeness (QED) is 0.621. The second-order valence-electron chi connectivity index (χ2n) is 4.96. The van der Waals surface area contributed by atoms with Crippen molar-refractivity contribution in [3.8, 4) is 0 Å². The summed E-state index contributed by atoms with van der Waals surface area (Å²) >= 11 is 0. The first-order valence-electron chi connectivity index (χ1n) is 6.43. The number of nitrogens with zero attached hydrogens (tertiary/aromatic N) is 1. The van der Waals surface area contributed by atoms with Gasteiger partial charge in [-0.15, -0.1) is 0 Å². The Hall–Kier alpha value is -1.42. The van der Waals surface area contributed by atoms with Gasteiger partial charge in [-0.1, -0.05) is 32.9 Å². The topological polar surface area (TPSA) is 55.2 Å². The molecular formula is C14H22N2O2. The van der Waals surface area contributed by atoms with Crippen molar-refractivity contribution in [1.82, 2.24) is 5.32 Å².